The van der Waals surface area contributed by atoms with Gasteiger partial charge >= 0.3 is 0 Å². The highest BCUT2D eigenvalue weighted by atomic mass is 16.5. The van der Waals surface area contributed by atoms with E-state index in [9.17, 15) is 5.11 Å². The monoisotopic (exact) mass is 270 g/mol. The molecule has 2 aromatic rings. The van der Waals surface area contributed by atoms with E-state index < -0.39 is 6.10 Å². The quantitative estimate of drug-likeness (QED) is 0.903. The van der Waals surface area contributed by atoms with E-state index in [0.717, 1.165) is 16.9 Å². The van der Waals surface area contributed by atoms with Crippen molar-refractivity contribution in [1.29, 1.82) is 0 Å². The summed E-state index contributed by atoms with van der Waals surface area (Å²) in [7, 11) is 0. The Morgan fingerprint density at radius 2 is 1.45 bits per heavy atom. The molecule has 1 N–H and O–H groups in total. The third-order valence-corrected chi connectivity index (χ3v) is 3.41. The highest BCUT2D eigenvalue weighted by molar-refractivity contribution is 5.37. The summed E-state index contributed by atoms with van der Waals surface area (Å²) in [6.07, 6.45) is -0.437. The van der Waals surface area contributed by atoms with Gasteiger partial charge in [-0.25, -0.2) is 0 Å². The van der Waals surface area contributed by atoms with Crippen LogP contribution in [-0.4, -0.2) is 11.2 Å². The van der Waals surface area contributed by atoms with E-state index in [4.69, 9.17) is 4.74 Å². The van der Waals surface area contributed by atoms with Crippen LogP contribution in [0, 0.1) is 13.8 Å². The first-order valence-electron chi connectivity index (χ1n) is 6.99. The Bertz CT molecular complexity index is 570. The first-order valence-corrected chi connectivity index (χ1v) is 6.99. The number of rotatable bonds is 4. The third kappa shape index (κ3) is 3.40. The summed E-state index contributed by atoms with van der Waals surface area (Å²) in [5, 5.41) is 10.4. The molecule has 0 aromatic heterocycles. The van der Waals surface area contributed by atoms with E-state index >= 15 is 0 Å². The summed E-state index contributed by atoms with van der Waals surface area (Å²) in [5.41, 5.74) is 4.23. The molecular weight excluding hydrogens is 248 g/mol. The van der Waals surface area contributed by atoms with Gasteiger partial charge in [-0.1, -0.05) is 30.3 Å². The first-order chi connectivity index (χ1) is 9.47. The van der Waals surface area contributed by atoms with Crippen LogP contribution in [-0.2, 0) is 0 Å². The minimum Gasteiger partial charge on any atom is -0.491 e. The zero-order chi connectivity index (χ0) is 14.7. The smallest absolute Gasteiger partial charge is 0.119 e. The Balaban J connectivity index is 2.20. The van der Waals surface area contributed by atoms with Crippen molar-refractivity contribution in [3.63, 3.8) is 0 Å². The van der Waals surface area contributed by atoms with Gasteiger partial charge < -0.3 is 9.84 Å². The molecular formula is C18H22O2. The van der Waals surface area contributed by atoms with Crippen LogP contribution in [0.2, 0.25) is 0 Å². The van der Waals surface area contributed by atoms with Gasteiger partial charge in [-0.3, -0.25) is 0 Å². The van der Waals surface area contributed by atoms with Gasteiger partial charge in [0, 0.05) is 0 Å². The summed E-state index contributed by atoms with van der Waals surface area (Å²) in [6.45, 7) is 8.13. The minimum absolute atomic E-state index is 0.158. The molecule has 0 saturated carbocycles. The average Bonchev–Trinajstić information content (AvgIpc) is 2.41. The summed E-state index contributed by atoms with van der Waals surface area (Å²) >= 11 is 0. The second kappa shape index (κ2) is 6.10. The van der Waals surface area contributed by atoms with E-state index in [1.807, 2.05) is 56.3 Å². The molecule has 0 aliphatic rings. The van der Waals surface area contributed by atoms with Crippen LogP contribution in [0.3, 0.4) is 0 Å². The number of benzene rings is 2. The van der Waals surface area contributed by atoms with E-state index in [2.05, 4.69) is 13.8 Å². The molecule has 1 unspecified atom stereocenters. The lowest BCUT2D eigenvalue weighted by Crippen LogP contribution is -2.06. The Hall–Kier alpha value is -1.80. The molecule has 2 rings (SSSR count). The van der Waals surface area contributed by atoms with Gasteiger partial charge in [0.2, 0.25) is 0 Å². The topological polar surface area (TPSA) is 29.5 Å². The zero-order valence-electron chi connectivity index (χ0n) is 12.6. The van der Waals surface area contributed by atoms with Gasteiger partial charge in [0.05, 0.1) is 6.10 Å². The van der Waals surface area contributed by atoms with Crippen molar-refractivity contribution in [1.82, 2.24) is 0 Å². The predicted molar refractivity (Wildman–Crippen MR) is 82.2 cm³/mol. The van der Waals surface area contributed by atoms with Crippen molar-refractivity contribution in [2.24, 2.45) is 0 Å². The Morgan fingerprint density at radius 1 is 0.850 bits per heavy atom. The van der Waals surface area contributed by atoms with Crippen LogP contribution in [0.15, 0.2) is 42.5 Å². The molecule has 20 heavy (non-hydrogen) atoms. The molecule has 2 heteroatoms. The maximum absolute atomic E-state index is 10.4. The van der Waals surface area contributed by atoms with Crippen molar-refractivity contribution >= 4 is 0 Å². The van der Waals surface area contributed by atoms with Crippen LogP contribution in [0.5, 0.6) is 5.75 Å². The molecule has 0 radical (unpaired) electrons. The SMILES string of the molecule is Cc1ccc(C(O)c2ccc(OC(C)C)cc2)cc1C. The largest absolute Gasteiger partial charge is 0.491 e. The molecule has 0 fully saturated rings. The number of aliphatic hydroxyl groups excluding tert-OH is 1. The number of aryl methyl sites for hydroxylation is 2. The van der Waals surface area contributed by atoms with Gasteiger partial charge in [-0.15, -0.1) is 0 Å². The minimum atomic E-state index is -0.595. The molecule has 2 nitrogen and oxygen atoms in total. The molecule has 0 heterocycles. The van der Waals surface area contributed by atoms with E-state index in [-0.39, 0.29) is 6.10 Å². The summed E-state index contributed by atoms with van der Waals surface area (Å²) in [6, 6.07) is 13.7. The van der Waals surface area contributed by atoms with Crippen LogP contribution in [0.1, 0.15) is 42.2 Å². The van der Waals surface area contributed by atoms with Crippen molar-refractivity contribution in [3.05, 3.63) is 64.7 Å². The maximum Gasteiger partial charge on any atom is 0.119 e. The highest BCUT2D eigenvalue weighted by Crippen LogP contribution is 2.25. The van der Waals surface area contributed by atoms with Crippen molar-refractivity contribution < 1.29 is 9.84 Å². The fraction of sp³-hybridized carbons (Fsp3) is 0.333. The molecule has 2 aromatic carbocycles. The third-order valence-electron chi connectivity index (χ3n) is 3.41. The lowest BCUT2D eigenvalue weighted by atomic mass is 9.98. The lowest BCUT2D eigenvalue weighted by molar-refractivity contribution is 0.219. The fourth-order valence-electron chi connectivity index (χ4n) is 2.13. The Labute approximate surface area is 121 Å². The molecule has 0 spiro atoms. The molecule has 1 atom stereocenters. The predicted octanol–water partition coefficient (Wildman–Crippen LogP) is 4.17. The highest BCUT2D eigenvalue weighted by Gasteiger charge is 2.11. The van der Waals surface area contributed by atoms with E-state index in [1.54, 1.807) is 0 Å². The lowest BCUT2D eigenvalue weighted by Gasteiger charge is -2.15. The summed E-state index contributed by atoms with van der Waals surface area (Å²) in [4.78, 5) is 0. The van der Waals surface area contributed by atoms with Crippen LogP contribution < -0.4 is 4.74 Å². The molecule has 0 aliphatic heterocycles. The van der Waals surface area contributed by atoms with Crippen molar-refractivity contribution in [2.45, 2.75) is 39.9 Å². The van der Waals surface area contributed by atoms with Gasteiger partial charge in [0.25, 0.3) is 0 Å². The Morgan fingerprint density at radius 3 is 2.00 bits per heavy atom. The fourth-order valence-corrected chi connectivity index (χ4v) is 2.13. The average molecular weight is 270 g/mol. The summed E-state index contributed by atoms with van der Waals surface area (Å²) in [5.74, 6) is 0.830. The Kier molecular flexibility index (Phi) is 4.46. The van der Waals surface area contributed by atoms with Gasteiger partial charge in [-0.2, -0.15) is 0 Å². The van der Waals surface area contributed by atoms with E-state index in [1.165, 1.54) is 11.1 Å². The van der Waals surface area contributed by atoms with Gasteiger partial charge in [-0.05, 0) is 62.1 Å². The van der Waals surface area contributed by atoms with Crippen LogP contribution in [0.4, 0.5) is 0 Å². The first kappa shape index (κ1) is 14.6. The molecule has 0 amide bonds. The number of hydrogen-bond acceptors (Lipinski definition) is 2. The van der Waals surface area contributed by atoms with Crippen LogP contribution >= 0.6 is 0 Å². The molecule has 0 bridgehead atoms. The van der Waals surface area contributed by atoms with Crippen LogP contribution in [0.25, 0.3) is 0 Å². The number of hydrogen-bond donors (Lipinski definition) is 1. The van der Waals surface area contributed by atoms with E-state index in [0.29, 0.717) is 0 Å². The molecule has 0 saturated heterocycles. The summed E-state index contributed by atoms with van der Waals surface area (Å²) < 4.78 is 5.61. The molecule has 106 valence electrons. The number of aliphatic hydroxyl groups is 1. The second-order valence-corrected chi connectivity index (χ2v) is 5.48. The normalized spacial score (nSPS) is 12.5. The zero-order valence-corrected chi connectivity index (χ0v) is 12.6. The number of ether oxygens (including phenoxy) is 1. The van der Waals surface area contributed by atoms with Gasteiger partial charge in [0.15, 0.2) is 0 Å². The van der Waals surface area contributed by atoms with Crippen molar-refractivity contribution in [3.8, 4) is 5.75 Å². The second-order valence-electron chi connectivity index (χ2n) is 5.48. The van der Waals surface area contributed by atoms with Gasteiger partial charge in [0.1, 0.15) is 11.9 Å². The molecule has 0 aliphatic carbocycles. The van der Waals surface area contributed by atoms with Crippen molar-refractivity contribution in [2.75, 3.05) is 0 Å². The maximum atomic E-state index is 10.4. The standard InChI is InChI=1S/C18H22O2/c1-12(2)20-17-9-7-15(8-10-17)18(19)16-6-5-13(3)14(4)11-16/h5-12,18-19H,1-4H3.